The van der Waals surface area contributed by atoms with Crippen molar-refractivity contribution in [1.29, 1.82) is 0 Å². The first kappa shape index (κ1) is 21.5. The number of aromatic nitrogens is 3. The van der Waals surface area contributed by atoms with E-state index >= 15 is 0 Å². The van der Waals surface area contributed by atoms with Gasteiger partial charge in [-0.1, -0.05) is 12.1 Å². The second kappa shape index (κ2) is 10.1. The second-order valence-corrected chi connectivity index (χ2v) is 8.22. The van der Waals surface area contributed by atoms with Crippen molar-refractivity contribution in [2.75, 3.05) is 20.3 Å². The summed E-state index contributed by atoms with van der Waals surface area (Å²) in [6, 6.07) is 11.4. The summed E-state index contributed by atoms with van der Waals surface area (Å²) in [5.41, 5.74) is 5.57. The Labute approximate surface area is 183 Å². The van der Waals surface area contributed by atoms with Gasteiger partial charge in [0.15, 0.2) is 0 Å². The van der Waals surface area contributed by atoms with Crippen LogP contribution in [-0.2, 0) is 24.1 Å². The minimum Gasteiger partial charge on any atom is -0.384 e. The molecule has 0 bridgehead atoms. The zero-order chi connectivity index (χ0) is 21.6. The van der Waals surface area contributed by atoms with E-state index < -0.39 is 0 Å². The van der Waals surface area contributed by atoms with E-state index in [9.17, 15) is 4.39 Å². The predicted octanol–water partition coefficient (Wildman–Crippen LogP) is 4.44. The molecule has 0 saturated carbocycles. The van der Waals surface area contributed by atoms with Crippen molar-refractivity contribution in [3.8, 4) is 0 Å². The lowest BCUT2D eigenvalue weighted by Crippen LogP contribution is -2.24. The van der Waals surface area contributed by atoms with Crippen LogP contribution in [-0.4, -0.2) is 40.1 Å². The lowest BCUT2D eigenvalue weighted by Gasteiger charge is -2.24. The smallest absolute Gasteiger partial charge is 0.130 e. The molecule has 1 aromatic carbocycles. The summed E-state index contributed by atoms with van der Waals surface area (Å²) in [6.45, 7) is 4.54. The summed E-state index contributed by atoms with van der Waals surface area (Å²) in [6.07, 6.45) is 7.61. The van der Waals surface area contributed by atoms with Gasteiger partial charge in [0.05, 0.1) is 18.3 Å². The summed E-state index contributed by atoms with van der Waals surface area (Å²) in [7, 11) is 1.69. The van der Waals surface area contributed by atoms with Crippen molar-refractivity contribution in [2.45, 2.75) is 45.2 Å². The van der Waals surface area contributed by atoms with Crippen LogP contribution in [0.2, 0.25) is 0 Å². The zero-order valence-electron chi connectivity index (χ0n) is 18.2. The first-order valence-electron chi connectivity index (χ1n) is 10.9. The molecule has 1 unspecified atom stereocenters. The van der Waals surface area contributed by atoms with Crippen molar-refractivity contribution in [2.24, 2.45) is 0 Å². The van der Waals surface area contributed by atoms with Crippen molar-refractivity contribution in [3.63, 3.8) is 0 Å². The number of benzene rings is 1. The molecule has 0 aliphatic carbocycles. The Kier molecular flexibility index (Phi) is 6.99. The fourth-order valence-corrected chi connectivity index (χ4v) is 4.25. The number of halogens is 1. The van der Waals surface area contributed by atoms with Crippen LogP contribution >= 0.6 is 0 Å². The minimum absolute atomic E-state index is 0.201. The van der Waals surface area contributed by atoms with Crippen molar-refractivity contribution < 1.29 is 9.13 Å². The molecule has 162 valence electrons. The van der Waals surface area contributed by atoms with Gasteiger partial charge < -0.3 is 4.74 Å². The van der Waals surface area contributed by atoms with Crippen LogP contribution in [0.25, 0.3) is 0 Å². The number of nitrogens with zero attached hydrogens (tertiary/aromatic N) is 4. The van der Waals surface area contributed by atoms with Gasteiger partial charge in [-0.25, -0.2) is 14.4 Å². The topological polar surface area (TPSA) is 51.1 Å². The van der Waals surface area contributed by atoms with E-state index in [0.29, 0.717) is 12.6 Å². The van der Waals surface area contributed by atoms with Gasteiger partial charge in [-0.05, 0) is 68.1 Å². The Bertz CT molecular complexity index is 991. The molecule has 1 saturated heterocycles. The van der Waals surface area contributed by atoms with Crippen molar-refractivity contribution in [1.82, 2.24) is 19.9 Å². The highest BCUT2D eigenvalue weighted by atomic mass is 19.1. The van der Waals surface area contributed by atoms with Gasteiger partial charge in [-0.3, -0.25) is 9.88 Å². The Hall–Kier alpha value is -2.70. The number of hydrogen-bond acceptors (Lipinski definition) is 5. The largest absolute Gasteiger partial charge is 0.384 e. The first-order valence-corrected chi connectivity index (χ1v) is 10.9. The molecule has 3 heterocycles. The number of hydrogen-bond donors (Lipinski definition) is 0. The summed E-state index contributed by atoms with van der Waals surface area (Å²) < 4.78 is 18.3. The van der Waals surface area contributed by atoms with Crippen LogP contribution < -0.4 is 0 Å². The van der Waals surface area contributed by atoms with Crippen LogP contribution in [0.5, 0.6) is 0 Å². The third kappa shape index (κ3) is 5.71. The van der Waals surface area contributed by atoms with Gasteiger partial charge in [-0.15, -0.1) is 0 Å². The molecule has 1 atom stereocenters. The van der Waals surface area contributed by atoms with Gasteiger partial charge in [-0.2, -0.15) is 0 Å². The van der Waals surface area contributed by atoms with Crippen molar-refractivity contribution in [3.05, 3.63) is 88.5 Å². The normalized spacial score (nSPS) is 16.7. The van der Waals surface area contributed by atoms with Crippen LogP contribution in [0.3, 0.4) is 0 Å². The van der Waals surface area contributed by atoms with Crippen LogP contribution in [0.4, 0.5) is 4.39 Å². The monoisotopic (exact) mass is 420 g/mol. The predicted molar refractivity (Wildman–Crippen MR) is 118 cm³/mol. The molecule has 5 nitrogen and oxygen atoms in total. The van der Waals surface area contributed by atoms with Crippen LogP contribution in [0.15, 0.2) is 48.8 Å². The fraction of sp³-hybridized carbons (Fsp3) is 0.400. The fourth-order valence-electron chi connectivity index (χ4n) is 4.25. The molecule has 1 fully saturated rings. The summed E-state index contributed by atoms with van der Waals surface area (Å²) in [5, 5.41) is 0. The van der Waals surface area contributed by atoms with E-state index in [1.165, 1.54) is 17.7 Å². The van der Waals surface area contributed by atoms with Crippen LogP contribution in [0, 0.1) is 12.7 Å². The number of pyridine rings is 1. The van der Waals surface area contributed by atoms with Gasteiger partial charge in [0.1, 0.15) is 11.6 Å². The van der Waals surface area contributed by atoms with E-state index in [4.69, 9.17) is 9.72 Å². The van der Waals surface area contributed by atoms with Gasteiger partial charge in [0, 0.05) is 43.7 Å². The molecule has 0 N–H and O–H groups in total. The van der Waals surface area contributed by atoms with E-state index in [1.807, 2.05) is 31.5 Å². The number of rotatable bonds is 8. The quantitative estimate of drug-likeness (QED) is 0.539. The molecule has 2 aromatic heterocycles. The van der Waals surface area contributed by atoms with E-state index in [-0.39, 0.29) is 5.82 Å². The molecular formula is C25H29FN4O. The highest BCUT2D eigenvalue weighted by molar-refractivity contribution is 5.30. The SMILES string of the molecule is COCCc1ncc(CN2CCCC2c2cc(Cc3ccc(F)cc3)cc(C)n2)cn1. The molecule has 6 heteroatoms. The van der Waals surface area contributed by atoms with E-state index in [2.05, 4.69) is 27.0 Å². The standard InChI is InChI=1S/C25H29FN4O/c1-18-12-20(13-19-5-7-22(26)8-6-19)14-23(29-18)24-4-3-10-30(24)17-21-15-27-25(28-16-21)9-11-31-2/h5-8,12,14-16,24H,3-4,9-11,13,17H2,1-2H3. The molecule has 1 aliphatic heterocycles. The number of methoxy groups -OCH3 is 1. The second-order valence-electron chi connectivity index (χ2n) is 8.22. The molecule has 3 aromatic rings. The Balaban J connectivity index is 1.47. The number of likely N-dealkylation sites (tertiary alicyclic amines) is 1. The highest BCUT2D eigenvalue weighted by Gasteiger charge is 2.27. The zero-order valence-corrected chi connectivity index (χ0v) is 18.2. The summed E-state index contributed by atoms with van der Waals surface area (Å²) in [5.74, 6) is 0.613. The van der Waals surface area contributed by atoms with Gasteiger partial charge >= 0.3 is 0 Å². The molecular weight excluding hydrogens is 391 g/mol. The summed E-state index contributed by atoms with van der Waals surface area (Å²) >= 11 is 0. The Morgan fingerprint density at radius 1 is 1.06 bits per heavy atom. The highest BCUT2D eigenvalue weighted by Crippen LogP contribution is 2.33. The van der Waals surface area contributed by atoms with Crippen LogP contribution in [0.1, 0.15) is 52.8 Å². The third-order valence-electron chi connectivity index (χ3n) is 5.73. The minimum atomic E-state index is -0.201. The molecule has 0 amide bonds. The average Bonchev–Trinajstić information content (AvgIpc) is 3.23. The molecule has 0 radical (unpaired) electrons. The Morgan fingerprint density at radius 3 is 2.58 bits per heavy atom. The first-order chi connectivity index (χ1) is 15.1. The molecule has 4 rings (SSSR count). The molecule has 0 spiro atoms. The summed E-state index contributed by atoms with van der Waals surface area (Å²) in [4.78, 5) is 16.3. The lowest BCUT2D eigenvalue weighted by atomic mass is 10.0. The molecule has 31 heavy (non-hydrogen) atoms. The number of ether oxygens (including phenoxy) is 1. The van der Waals surface area contributed by atoms with Gasteiger partial charge in [0.2, 0.25) is 0 Å². The third-order valence-corrected chi connectivity index (χ3v) is 5.73. The Morgan fingerprint density at radius 2 is 1.84 bits per heavy atom. The lowest BCUT2D eigenvalue weighted by molar-refractivity contribution is 0.200. The maximum atomic E-state index is 13.2. The molecule has 1 aliphatic rings. The van der Waals surface area contributed by atoms with E-state index in [1.54, 1.807) is 7.11 Å². The average molecular weight is 421 g/mol. The van der Waals surface area contributed by atoms with Crippen molar-refractivity contribution >= 4 is 0 Å². The number of aryl methyl sites for hydroxylation is 1. The maximum Gasteiger partial charge on any atom is 0.130 e. The van der Waals surface area contributed by atoms with Gasteiger partial charge in [0.25, 0.3) is 0 Å². The maximum absolute atomic E-state index is 13.2. The van der Waals surface area contributed by atoms with E-state index in [0.717, 1.165) is 67.1 Å².